The first kappa shape index (κ1) is 15.1. The molecule has 0 spiro atoms. The van der Waals surface area contributed by atoms with Crippen LogP contribution in [0.5, 0.6) is 0 Å². The van der Waals surface area contributed by atoms with Crippen LogP contribution < -0.4 is 5.73 Å². The van der Waals surface area contributed by atoms with Gasteiger partial charge in [-0.2, -0.15) is 0 Å². The molecule has 1 amide bonds. The Balaban J connectivity index is 2.52. The highest BCUT2D eigenvalue weighted by molar-refractivity contribution is 8.00. The number of primary amides is 1. The van der Waals surface area contributed by atoms with Crippen LogP contribution in [0.1, 0.15) is 6.92 Å². The zero-order chi connectivity index (χ0) is 13.7. The summed E-state index contributed by atoms with van der Waals surface area (Å²) in [6, 6.07) is 4.95. The van der Waals surface area contributed by atoms with E-state index >= 15 is 0 Å². The van der Waals surface area contributed by atoms with Crippen molar-refractivity contribution in [3.05, 3.63) is 28.2 Å². The lowest BCUT2D eigenvalue weighted by atomic mass is 10.4. The molecule has 0 aliphatic rings. The summed E-state index contributed by atoms with van der Waals surface area (Å²) in [6.07, 6.45) is -0.937. The van der Waals surface area contributed by atoms with Crippen LogP contribution in [0.15, 0.2) is 23.1 Å². The van der Waals surface area contributed by atoms with Crippen molar-refractivity contribution in [3.63, 3.8) is 0 Å². The van der Waals surface area contributed by atoms with Gasteiger partial charge in [-0.3, -0.25) is 9.59 Å². The standard InChI is InChI=1S/C11H11Cl2NO3S/c1-6(11(14)16)17-10(15)5-18-9-4-7(12)2-3-8(9)13/h2-4,6H,5H2,1H3,(H2,14,16)/t6-/m0/s1. The zero-order valence-corrected chi connectivity index (χ0v) is 11.8. The van der Waals surface area contributed by atoms with Crippen LogP contribution in [-0.4, -0.2) is 23.7 Å². The summed E-state index contributed by atoms with van der Waals surface area (Å²) in [4.78, 5) is 22.8. The average Bonchev–Trinajstić information content (AvgIpc) is 2.30. The Hall–Kier alpha value is -0.910. The molecule has 18 heavy (non-hydrogen) atoms. The van der Waals surface area contributed by atoms with E-state index in [0.717, 1.165) is 0 Å². The molecular weight excluding hydrogens is 297 g/mol. The fourth-order valence-electron chi connectivity index (χ4n) is 1.01. The minimum absolute atomic E-state index is 0.0255. The predicted molar refractivity (Wildman–Crippen MR) is 71.9 cm³/mol. The van der Waals surface area contributed by atoms with E-state index in [0.29, 0.717) is 14.9 Å². The summed E-state index contributed by atoms with van der Waals surface area (Å²) in [6.45, 7) is 1.41. The number of hydrogen-bond donors (Lipinski definition) is 1. The minimum atomic E-state index is -0.937. The van der Waals surface area contributed by atoms with Crippen LogP contribution in [0.4, 0.5) is 0 Å². The molecule has 4 nitrogen and oxygen atoms in total. The smallest absolute Gasteiger partial charge is 0.317 e. The third-order valence-electron chi connectivity index (χ3n) is 1.95. The van der Waals surface area contributed by atoms with Crippen LogP contribution in [0.3, 0.4) is 0 Å². The Morgan fingerprint density at radius 3 is 2.72 bits per heavy atom. The SMILES string of the molecule is C[C@H](OC(=O)CSc1cc(Cl)ccc1Cl)C(N)=O. The Morgan fingerprint density at radius 1 is 1.44 bits per heavy atom. The highest BCUT2D eigenvalue weighted by Crippen LogP contribution is 2.29. The lowest BCUT2D eigenvalue weighted by Crippen LogP contribution is -2.31. The van der Waals surface area contributed by atoms with Gasteiger partial charge in [-0.15, -0.1) is 11.8 Å². The van der Waals surface area contributed by atoms with Gasteiger partial charge in [-0.25, -0.2) is 0 Å². The van der Waals surface area contributed by atoms with Gasteiger partial charge >= 0.3 is 5.97 Å². The van der Waals surface area contributed by atoms with E-state index in [9.17, 15) is 9.59 Å². The van der Waals surface area contributed by atoms with Crippen molar-refractivity contribution >= 4 is 46.8 Å². The molecule has 2 N–H and O–H groups in total. The van der Waals surface area contributed by atoms with Crippen LogP contribution in [0.2, 0.25) is 10.0 Å². The van der Waals surface area contributed by atoms with E-state index in [1.165, 1.54) is 18.7 Å². The molecule has 0 radical (unpaired) electrons. The summed E-state index contributed by atoms with van der Waals surface area (Å²) in [7, 11) is 0. The molecule has 7 heteroatoms. The van der Waals surface area contributed by atoms with E-state index in [1.54, 1.807) is 18.2 Å². The van der Waals surface area contributed by atoms with Crippen LogP contribution >= 0.6 is 35.0 Å². The molecule has 0 aliphatic carbocycles. The monoisotopic (exact) mass is 307 g/mol. The first-order valence-electron chi connectivity index (χ1n) is 4.97. The highest BCUT2D eigenvalue weighted by Gasteiger charge is 2.15. The Kier molecular flexibility index (Phi) is 5.78. The van der Waals surface area contributed by atoms with Crippen LogP contribution in [0.25, 0.3) is 0 Å². The maximum absolute atomic E-state index is 11.4. The van der Waals surface area contributed by atoms with Crippen LogP contribution in [0, 0.1) is 0 Å². The molecule has 1 aromatic rings. The zero-order valence-electron chi connectivity index (χ0n) is 9.48. The number of thioether (sulfide) groups is 1. The summed E-state index contributed by atoms with van der Waals surface area (Å²) >= 11 is 12.9. The third kappa shape index (κ3) is 4.76. The second-order valence-corrected chi connectivity index (χ2v) is 5.26. The second-order valence-electron chi connectivity index (χ2n) is 3.40. The average molecular weight is 308 g/mol. The molecule has 98 valence electrons. The van der Waals surface area contributed by atoms with Gasteiger partial charge in [-0.1, -0.05) is 23.2 Å². The maximum atomic E-state index is 11.4. The van der Waals surface area contributed by atoms with Crippen LogP contribution in [-0.2, 0) is 14.3 Å². The number of nitrogens with two attached hydrogens (primary N) is 1. The summed E-state index contributed by atoms with van der Waals surface area (Å²) in [5, 5.41) is 1.03. The molecule has 0 fully saturated rings. The van der Waals surface area contributed by atoms with Crippen molar-refractivity contribution in [2.75, 3.05) is 5.75 Å². The van der Waals surface area contributed by atoms with Gasteiger partial charge in [0.05, 0.1) is 10.8 Å². The molecule has 1 aromatic carbocycles. The number of carbonyl (C=O) groups is 2. The Labute approximate surface area is 119 Å². The molecule has 0 heterocycles. The minimum Gasteiger partial charge on any atom is -0.452 e. The number of hydrogen-bond acceptors (Lipinski definition) is 4. The van der Waals surface area contributed by atoms with E-state index in [4.69, 9.17) is 33.7 Å². The number of ether oxygens (including phenoxy) is 1. The molecule has 0 unspecified atom stereocenters. The molecule has 1 atom stereocenters. The van der Waals surface area contributed by atoms with E-state index in [2.05, 4.69) is 0 Å². The number of rotatable bonds is 5. The normalized spacial score (nSPS) is 11.9. The largest absolute Gasteiger partial charge is 0.452 e. The van der Waals surface area contributed by atoms with E-state index in [-0.39, 0.29) is 5.75 Å². The van der Waals surface area contributed by atoms with Gasteiger partial charge in [0.25, 0.3) is 5.91 Å². The van der Waals surface area contributed by atoms with Gasteiger partial charge in [0, 0.05) is 9.92 Å². The van der Waals surface area contributed by atoms with Crippen molar-refractivity contribution in [1.82, 2.24) is 0 Å². The summed E-state index contributed by atoms with van der Waals surface area (Å²) in [5.74, 6) is -1.20. The molecule has 0 saturated carbocycles. The van der Waals surface area contributed by atoms with Crippen molar-refractivity contribution in [1.29, 1.82) is 0 Å². The highest BCUT2D eigenvalue weighted by atomic mass is 35.5. The Morgan fingerprint density at radius 2 is 2.11 bits per heavy atom. The third-order valence-corrected chi connectivity index (χ3v) is 3.65. The van der Waals surface area contributed by atoms with Crippen molar-refractivity contribution in [3.8, 4) is 0 Å². The number of amides is 1. The van der Waals surface area contributed by atoms with Gasteiger partial charge in [0.2, 0.25) is 0 Å². The topological polar surface area (TPSA) is 69.4 Å². The molecule has 0 aromatic heterocycles. The number of benzene rings is 1. The van der Waals surface area contributed by atoms with Gasteiger partial charge in [0.15, 0.2) is 6.10 Å². The van der Waals surface area contributed by atoms with E-state index in [1.807, 2.05) is 0 Å². The van der Waals surface area contributed by atoms with Gasteiger partial charge < -0.3 is 10.5 Å². The van der Waals surface area contributed by atoms with Gasteiger partial charge in [-0.05, 0) is 25.1 Å². The lowest BCUT2D eigenvalue weighted by molar-refractivity contribution is -0.151. The fraction of sp³-hybridized carbons (Fsp3) is 0.273. The molecular formula is C11H11Cl2NO3S. The number of esters is 1. The van der Waals surface area contributed by atoms with Crippen molar-refractivity contribution < 1.29 is 14.3 Å². The second kappa shape index (κ2) is 6.87. The number of carbonyl (C=O) groups excluding carboxylic acids is 2. The predicted octanol–water partition coefficient (Wildman–Crippen LogP) is 2.50. The van der Waals surface area contributed by atoms with Crippen molar-refractivity contribution in [2.45, 2.75) is 17.9 Å². The maximum Gasteiger partial charge on any atom is 0.317 e. The number of halogens is 2. The molecule has 1 rings (SSSR count). The molecule has 0 aliphatic heterocycles. The first-order valence-corrected chi connectivity index (χ1v) is 6.71. The molecule has 0 bridgehead atoms. The molecule has 0 saturated heterocycles. The van der Waals surface area contributed by atoms with E-state index < -0.39 is 18.0 Å². The van der Waals surface area contributed by atoms with Crippen molar-refractivity contribution in [2.24, 2.45) is 5.73 Å². The Bertz CT molecular complexity index is 468. The first-order chi connectivity index (χ1) is 8.40. The van der Waals surface area contributed by atoms with Gasteiger partial charge in [0.1, 0.15) is 0 Å². The fourth-order valence-corrected chi connectivity index (χ4v) is 2.29. The summed E-state index contributed by atoms with van der Waals surface area (Å²) in [5.41, 5.74) is 4.97. The summed E-state index contributed by atoms with van der Waals surface area (Å²) < 4.78 is 4.79. The lowest BCUT2D eigenvalue weighted by Gasteiger charge is -2.09. The quantitative estimate of drug-likeness (QED) is 0.670.